The Hall–Kier alpha value is -1.02. The van der Waals surface area contributed by atoms with Gasteiger partial charge in [-0.05, 0) is 69.0 Å². The van der Waals surface area contributed by atoms with Crippen LogP contribution in [0.25, 0.3) is 0 Å². The van der Waals surface area contributed by atoms with Crippen LogP contribution >= 0.6 is 0 Å². The molecule has 104 valence electrons. The van der Waals surface area contributed by atoms with Crippen molar-refractivity contribution in [1.29, 1.82) is 0 Å². The Balaban J connectivity index is 1.64. The highest BCUT2D eigenvalue weighted by Crippen LogP contribution is 2.35. The average Bonchev–Trinajstić information content (AvgIpc) is 2.76. The highest BCUT2D eigenvalue weighted by Gasteiger charge is 2.29. The molecule has 0 bridgehead atoms. The number of anilines is 1. The molecule has 2 nitrogen and oxygen atoms in total. The van der Waals surface area contributed by atoms with E-state index in [-0.39, 0.29) is 0 Å². The molecule has 1 aromatic rings. The Bertz CT molecular complexity index is 421. The minimum atomic E-state index is 0.671. The van der Waals surface area contributed by atoms with Gasteiger partial charge >= 0.3 is 0 Å². The fraction of sp³-hybridized carbons (Fsp3) is 0.647. The van der Waals surface area contributed by atoms with Crippen molar-refractivity contribution in [3.05, 3.63) is 29.8 Å². The molecule has 1 aliphatic heterocycles. The number of hydrogen-bond acceptors (Lipinski definition) is 2. The minimum Gasteiger partial charge on any atom is -0.368 e. The molecule has 1 atom stereocenters. The van der Waals surface area contributed by atoms with E-state index in [1.54, 1.807) is 0 Å². The Labute approximate surface area is 117 Å². The first-order valence-corrected chi connectivity index (χ1v) is 7.82. The second-order valence-corrected chi connectivity index (χ2v) is 6.46. The van der Waals surface area contributed by atoms with E-state index in [9.17, 15) is 0 Å². The maximum absolute atomic E-state index is 5.79. The van der Waals surface area contributed by atoms with Gasteiger partial charge in [-0.1, -0.05) is 18.2 Å². The lowest BCUT2D eigenvalue weighted by atomic mass is 9.82. The van der Waals surface area contributed by atoms with E-state index in [0.29, 0.717) is 6.04 Å². The number of fused-ring (bicyclic) bond motifs is 1. The number of nitrogens with zero attached hydrogens (tertiary/aromatic N) is 1. The molecule has 0 spiro atoms. The summed E-state index contributed by atoms with van der Waals surface area (Å²) in [5.41, 5.74) is 8.80. The lowest BCUT2D eigenvalue weighted by Gasteiger charge is -2.34. The molecule has 0 saturated heterocycles. The fourth-order valence-corrected chi connectivity index (χ4v) is 3.84. The van der Waals surface area contributed by atoms with Gasteiger partial charge in [-0.3, -0.25) is 0 Å². The molecule has 2 N–H and O–H groups in total. The van der Waals surface area contributed by atoms with Gasteiger partial charge < -0.3 is 10.6 Å². The molecule has 0 radical (unpaired) electrons. The van der Waals surface area contributed by atoms with E-state index in [2.05, 4.69) is 36.1 Å². The monoisotopic (exact) mass is 258 g/mol. The van der Waals surface area contributed by atoms with Crippen LogP contribution in [0.1, 0.15) is 38.2 Å². The summed E-state index contributed by atoms with van der Waals surface area (Å²) >= 11 is 0. The van der Waals surface area contributed by atoms with Crippen LogP contribution in [0.3, 0.4) is 0 Å². The zero-order valence-electron chi connectivity index (χ0n) is 12.0. The Kier molecular flexibility index (Phi) is 3.79. The number of hydrogen-bond donors (Lipinski definition) is 1. The van der Waals surface area contributed by atoms with Crippen LogP contribution in [0.15, 0.2) is 24.3 Å². The second kappa shape index (κ2) is 5.54. The van der Waals surface area contributed by atoms with Crippen LogP contribution in [0.4, 0.5) is 5.69 Å². The third-order valence-corrected chi connectivity index (χ3v) is 5.10. The summed E-state index contributed by atoms with van der Waals surface area (Å²) in [5, 5.41) is 0. The van der Waals surface area contributed by atoms with Crippen LogP contribution in [-0.2, 0) is 6.42 Å². The van der Waals surface area contributed by atoms with Crippen molar-refractivity contribution < 1.29 is 0 Å². The first-order valence-electron chi connectivity index (χ1n) is 7.82. The van der Waals surface area contributed by atoms with Gasteiger partial charge in [0.25, 0.3) is 0 Å². The topological polar surface area (TPSA) is 29.3 Å². The molecule has 1 fully saturated rings. The average molecular weight is 258 g/mol. The quantitative estimate of drug-likeness (QED) is 0.902. The number of nitrogens with two attached hydrogens (primary N) is 1. The zero-order chi connectivity index (χ0) is 13.2. The minimum absolute atomic E-state index is 0.671. The molecule has 2 heteroatoms. The molecule has 1 aromatic carbocycles. The van der Waals surface area contributed by atoms with Gasteiger partial charge in [-0.25, -0.2) is 0 Å². The first-order chi connectivity index (χ1) is 9.28. The van der Waals surface area contributed by atoms with Crippen LogP contribution in [0.2, 0.25) is 0 Å². The number of rotatable bonds is 3. The summed E-state index contributed by atoms with van der Waals surface area (Å²) in [6.45, 7) is 4.50. The van der Waals surface area contributed by atoms with Crippen LogP contribution in [-0.4, -0.2) is 19.1 Å². The maximum Gasteiger partial charge on any atom is 0.0402 e. The molecule has 0 amide bonds. The van der Waals surface area contributed by atoms with Crippen LogP contribution in [0, 0.1) is 11.8 Å². The lowest BCUT2D eigenvalue weighted by molar-refractivity contribution is 0.279. The van der Waals surface area contributed by atoms with Gasteiger partial charge in [0.1, 0.15) is 0 Å². The highest BCUT2D eigenvalue weighted by atomic mass is 15.2. The Morgan fingerprint density at radius 2 is 1.79 bits per heavy atom. The number of para-hydroxylation sites is 1. The Morgan fingerprint density at radius 3 is 2.53 bits per heavy atom. The molecular weight excluding hydrogens is 232 g/mol. The van der Waals surface area contributed by atoms with Crippen LogP contribution < -0.4 is 10.6 Å². The van der Waals surface area contributed by atoms with Crippen molar-refractivity contribution in [3.63, 3.8) is 0 Å². The molecule has 1 heterocycles. The molecule has 3 rings (SSSR count). The predicted octanol–water partition coefficient (Wildman–Crippen LogP) is 3.20. The van der Waals surface area contributed by atoms with E-state index >= 15 is 0 Å². The van der Waals surface area contributed by atoms with E-state index in [0.717, 1.165) is 18.4 Å². The van der Waals surface area contributed by atoms with Crippen LogP contribution in [0.5, 0.6) is 0 Å². The van der Waals surface area contributed by atoms with Gasteiger partial charge in [0.05, 0.1) is 0 Å². The maximum atomic E-state index is 5.79. The molecule has 0 aromatic heterocycles. The third kappa shape index (κ3) is 2.64. The number of benzene rings is 1. The molecule has 19 heavy (non-hydrogen) atoms. The van der Waals surface area contributed by atoms with Crippen molar-refractivity contribution in [2.75, 3.05) is 18.0 Å². The SMILES string of the molecule is CC1Cc2ccccc2N1CC1CCC(CN)CC1. The lowest BCUT2D eigenvalue weighted by Crippen LogP contribution is -2.36. The smallest absolute Gasteiger partial charge is 0.0402 e. The van der Waals surface area contributed by atoms with Gasteiger partial charge in [-0.15, -0.1) is 0 Å². The van der Waals surface area contributed by atoms with Gasteiger partial charge in [-0.2, -0.15) is 0 Å². The first kappa shape index (κ1) is 13.0. The van der Waals surface area contributed by atoms with Crippen molar-refractivity contribution in [1.82, 2.24) is 0 Å². The van der Waals surface area contributed by atoms with E-state index in [1.165, 1.54) is 49.9 Å². The van der Waals surface area contributed by atoms with Gasteiger partial charge in [0.15, 0.2) is 0 Å². The van der Waals surface area contributed by atoms with E-state index in [4.69, 9.17) is 5.73 Å². The summed E-state index contributed by atoms with van der Waals surface area (Å²) in [6.07, 6.45) is 6.63. The second-order valence-electron chi connectivity index (χ2n) is 6.46. The molecule has 1 saturated carbocycles. The summed E-state index contributed by atoms with van der Waals surface area (Å²) in [6, 6.07) is 9.60. The van der Waals surface area contributed by atoms with Crippen molar-refractivity contribution in [2.45, 2.75) is 45.1 Å². The zero-order valence-corrected chi connectivity index (χ0v) is 12.0. The highest BCUT2D eigenvalue weighted by molar-refractivity contribution is 5.59. The largest absolute Gasteiger partial charge is 0.368 e. The van der Waals surface area contributed by atoms with Crippen molar-refractivity contribution in [2.24, 2.45) is 17.6 Å². The van der Waals surface area contributed by atoms with E-state index in [1.807, 2.05) is 0 Å². The summed E-state index contributed by atoms with van der Waals surface area (Å²) in [5.74, 6) is 1.66. The van der Waals surface area contributed by atoms with Crippen molar-refractivity contribution in [3.8, 4) is 0 Å². The predicted molar refractivity (Wildman–Crippen MR) is 81.5 cm³/mol. The van der Waals surface area contributed by atoms with Gasteiger partial charge in [0, 0.05) is 18.3 Å². The molecule has 1 aliphatic carbocycles. The van der Waals surface area contributed by atoms with Crippen molar-refractivity contribution >= 4 is 5.69 Å². The van der Waals surface area contributed by atoms with E-state index < -0.39 is 0 Å². The summed E-state index contributed by atoms with van der Waals surface area (Å²) in [7, 11) is 0. The fourth-order valence-electron chi connectivity index (χ4n) is 3.84. The Morgan fingerprint density at radius 1 is 1.11 bits per heavy atom. The summed E-state index contributed by atoms with van der Waals surface area (Å²) in [4.78, 5) is 2.64. The molecule has 2 aliphatic rings. The summed E-state index contributed by atoms with van der Waals surface area (Å²) < 4.78 is 0. The standard InChI is InChI=1S/C17H26N2/c1-13-10-16-4-2-3-5-17(16)19(13)12-15-8-6-14(11-18)7-9-15/h2-5,13-15H,6-12,18H2,1H3. The molecular formula is C17H26N2. The molecule has 1 unspecified atom stereocenters. The normalized spacial score (nSPS) is 30.4. The van der Waals surface area contributed by atoms with Gasteiger partial charge in [0.2, 0.25) is 0 Å². The third-order valence-electron chi connectivity index (χ3n) is 5.10.